The zero-order valence-corrected chi connectivity index (χ0v) is 12.2. The number of nitrogens with one attached hydrogen (secondary N) is 1. The Morgan fingerprint density at radius 3 is 2.41 bits per heavy atom. The average molecular weight is 301 g/mol. The van der Waals surface area contributed by atoms with Crippen LogP contribution >= 0.6 is 0 Å². The molecule has 0 fully saturated rings. The fraction of sp³-hybridized carbons (Fsp3) is 0.188. The Hall–Kier alpha value is -2.89. The minimum Gasteiger partial charge on any atom is -0.466 e. The molecule has 0 saturated carbocycles. The van der Waals surface area contributed by atoms with Gasteiger partial charge in [0.15, 0.2) is 6.61 Å². The zero-order valence-electron chi connectivity index (χ0n) is 12.2. The van der Waals surface area contributed by atoms with Crippen LogP contribution in [0, 0.1) is 13.8 Å². The van der Waals surface area contributed by atoms with Gasteiger partial charge in [-0.15, -0.1) is 0 Å². The smallest absolute Gasteiger partial charge is 0.342 e. The highest BCUT2D eigenvalue weighted by molar-refractivity contribution is 6.05. The highest BCUT2D eigenvalue weighted by Crippen LogP contribution is 2.14. The molecule has 6 heteroatoms. The van der Waals surface area contributed by atoms with Crippen molar-refractivity contribution in [3.8, 4) is 0 Å². The second-order valence-corrected chi connectivity index (χ2v) is 4.65. The van der Waals surface area contributed by atoms with Gasteiger partial charge in [0.05, 0.1) is 0 Å². The highest BCUT2D eigenvalue weighted by atomic mass is 16.5. The van der Waals surface area contributed by atoms with Gasteiger partial charge < -0.3 is 9.15 Å². The third-order valence-corrected chi connectivity index (χ3v) is 2.88. The topological polar surface area (TPSA) is 85.6 Å². The predicted octanol–water partition coefficient (Wildman–Crippen LogP) is 2.01. The fourth-order valence-electron chi connectivity index (χ4n) is 1.87. The summed E-state index contributed by atoms with van der Waals surface area (Å²) >= 11 is 0. The van der Waals surface area contributed by atoms with E-state index in [9.17, 15) is 14.4 Å². The van der Waals surface area contributed by atoms with Gasteiger partial charge in [-0.05, 0) is 32.0 Å². The van der Waals surface area contributed by atoms with E-state index in [0.29, 0.717) is 17.1 Å². The molecule has 0 radical (unpaired) electrons. The Morgan fingerprint density at radius 1 is 1.14 bits per heavy atom. The minimum absolute atomic E-state index is 0.264. The normalized spacial score (nSPS) is 10.1. The number of rotatable bonds is 4. The number of carbonyl (C=O) groups excluding carboxylic acids is 3. The van der Waals surface area contributed by atoms with Crippen LogP contribution in [-0.2, 0) is 9.53 Å². The standard InChI is InChI=1S/C16H15NO5/c1-10-8-13(11(2)22-10)16(20)21-9-14(18)17-15(19)12-6-4-3-5-7-12/h3-8H,9H2,1-2H3,(H,17,18,19). The number of hydrogen-bond acceptors (Lipinski definition) is 5. The largest absolute Gasteiger partial charge is 0.466 e. The van der Waals surface area contributed by atoms with Crippen molar-refractivity contribution in [2.45, 2.75) is 13.8 Å². The lowest BCUT2D eigenvalue weighted by Crippen LogP contribution is -2.34. The predicted molar refractivity (Wildman–Crippen MR) is 77.4 cm³/mol. The van der Waals surface area contributed by atoms with Gasteiger partial charge in [0.1, 0.15) is 17.1 Å². The summed E-state index contributed by atoms with van der Waals surface area (Å²) in [6.45, 7) is 2.79. The molecule has 0 unspecified atom stereocenters. The summed E-state index contributed by atoms with van der Waals surface area (Å²) in [7, 11) is 0. The molecule has 1 N–H and O–H groups in total. The zero-order chi connectivity index (χ0) is 16.1. The van der Waals surface area contributed by atoms with E-state index in [1.807, 2.05) is 0 Å². The van der Waals surface area contributed by atoms with Crippen molar-refractivity contribution in [3.63, 3.8) is 0 Å². The summed E-state index contributed by atoms with van der Waals surface area (Å²) in [4.78, 5) is 35.2. The van der Waals surface area contributed by atoms with Crippen LogP contribution in [0.15, 0.2) is 40.8 Å². The average Bonchev–Trinajstić information content (AvgIpc) is 2.84. The first-order valence-corrected chi connectivity index (χ1v) is 6.61. The van der Waals surface area contributed by atoms with Gasteiger partial charge in [0, 0.05) is 5.56 Å². The number of carbonyl (C=O) groups is 3. The molecule has 1 aromatic heterocycles. The summed E-state index contributed by atoms with van der Waals surface area (Å²) in [6.07, 6.45) is 0. The Balaban J connectivity index is 1.87. The summed E-state index contributed by atoms with van der Waals surface area (Å²) in [5, 5.41) is 2.14. The Kier molecular flexibility index (Phi) is 4.73. The van der Waals surface area contributed by atoms with Crippen molar-refractivity contribution in [1.29, 1.82) is 0 Å². The van der Waals surface area contributed by atoms with Gasteiger partial charge in [-0.25, -0.2) is 4.79 Å². The van der Waals surface area contributed by atoms with Crippen LogP contribution in [0.1, 0.15) is 32.2 Å². The lowest BCUT2D eigenvalue weighted by molar-refractivity contribution is -0.123. The fourth-order valence-corrected chi connectivity index (χ4v) is 1.87. The van der Waals surface area contributed by atoms with Crippen LogP contribution in [0.5, 0.6) is 0 Å². The van der Waals surface area contributed by atoms with Gasteiger partial charge in [-0.2, -0.15) is 0 Å². The lowest BCUT2D eigenvalue weighted by Gasteiger charge is -2.05. The van der Waals surface area contributed by atoms with Crippen molar-refractivity contribution >= 4 is 17.8 Å². The Morgan fingerprint density at radius 2 is 1.82 bits per heavy atom. The van der Waals surface area contributed by atoms with E-state index >= 15 is 0 Å². The van der Waals surface area contributed by atoms with Crippen LogP contribution < -0.4 is 5.32 Å². The molecule has 2 aromatic rings. The number of imide groups is 1. The maximum atomic E-state index is 11.8. The van der Waals surface area contributed by atoms with Crippen LogP contribution in [0.4, 0.5) is 0 Å². The van der Waals surface area contributed by atoms with Crippen molar-refractivity contribution in [1.82, 2.24) is 5.32 Å². The summed E-state index contributed by atoms with van der Waals surface area (Å²) < 4.78 is 10.1. The molecule has 0 aliphatic carbocycles. The van der Waals surface area contributed by atoms with Crippen LogP contribution in [0.2, 0.25) is 0 Å². The maximum Gasteiger partial charge on any atom is 0.342 e. The van der Waals surface area contributed by atoms with E-state index in [1.54, 1.807) is 44.2 Å². The van der Waals surface area contributed by atoms with Gasteiger partial charge >= 0.3 is 5.97 Å². The van der Waals surface area contributed by atoms with Gasteiger partial charge in [0.25, 0.3) is 11.8 Å². The molecular weight excluding hydrogens is 286 g/mol. The van der Waals surface area contributed by atoms with Crippen LogP contribution in [0.25, 0.3) is 0 Å². The van der Waals surface area contributed by atoms with Crippen molar-refractivity contribution in [3.05, 3.63) is 59.0 Å². The van der Waals surface area contributed by atoms with E-state index < -0.39 is 24.4 Å². The molecular formula is C16H15NO5. The van der Waals surface area contributed by atoms with Crippen LogP contribution in [0.3, 0.4) is 0 Å². The highest BCUT2D eigenvalue weighted by Gasteiger charge is 2.17. The number of esters is 1. The Labute approximate surface area is 127 Å². The third kappa shape index (κ3) is 3.82. The van der Waals surface area contributed by atoms with Gasteiger partial charge in [-0.3, -0.25) is 14.9 Å². The second kappa shape index (κ2) is 6.71. The number of aryl methyl sites for hydroxylation is 2. The molecule has 0 aliphatic heterocycles. The molecule has 1 aromatic carbocycles. The van der Waals surface area contributed by atoms with E-state index in [2.05, 4.69) is 5.32 Å². The van der Waals surface area contributed by atoms with Crippen molar-refractivity contribution in [2.24, 2.45) is 0 Å². The molecule has 1 heterocycles. The van der Waals surface area contributed by atoms with E-state index in [1.165, 1.54) is 6.07 Å². The summed E-state index contributed by atoms with van der Waals surface area (Å²) in [5.74, 6) is -0.912. The number of amides is 2. The molecule has 0 spiro atoms. The SMILES string of the molecule is Cc1cc(C(=O)OCC(=O)NC(=O)c2ccccc2)c(C)o1. The van der Waals surface area contributed by atoms with E-state index in [0.717, 1.165) is 0 Å². The van der Waals surface area contributed by atoms with Gasteiger partial charge in [-0.1, -0.05) is 18.2 Å². The lowest BCUT2D eigenvalue weighted by atomic mass is 10.2. The van der Waals surface area contributed by atoms with E-state index in [-0.39, 0.29) is 5.56 Å². The second-order valence-electron chi connectivity index (χ2n) is 4.65. The van der Waals surface area contributed by atoms with E-state index in [4.69, 9.17) is 9.15 Å². The number of hydrogen-bond donors (Lipinski definition) is 1. The van der Waals surface area contributed by atoms with Gasteiger partial charge in [0.2, 0.25) is 0 Å². The van der Waals surface area contributed by atoms with Crippen molar-refractivity contribution < 1.29 is 23.5 Å². The molecule has 2 rings (SSSR count). The monoisotopic (exact) mass is 301 g/mol. The quantitative estimate of drug-likeness (QED) is 0.873. The first kappa shape index (κ1) is 15.5. The maximum absolute atomic E-state index is 11.8. The number of ether oxygens (including phenoxy) is 1. The molecule has 0 bridgehead atoms. The third-order valence-electron chi connectivity index (χ3n) is 2.88. The minimum atomic E-state index is -0.694. The molecule has 0 atom stereocenters. The number of benzene rings is 1. The molecule has 0 saturated heterocycles. The van der Waals surface area contributed by atoms with Crippen molar-refractivity contribution in [2.75, 3.05) is 6.61 Å². The summed E-state index contributed by atoms with van der Waals surface area (Å²) in [5.41, 5.74) is 0.614. The van der Waals surface area contributed by atoms with Crippen LogP contribution in [-0.4, -0.2) is 24.4 Å². The molecule has 114 valence electrons. The summed E-state index contributed by atoms with van der Waals surface area (Å²) in [6, 6.07) is 9.81. The first-order chi connectivity index (χ1) is 10.5. The molecule has 6 nitrogen and oxygen atoms in total. The molecule has 2 amide bonds. The number of furan rings is 1. The first-order valence-electron chi connectivity index (χ1n) is 6.61. The molecule has 0 aliphatic rings. The molecule has 22 heavy (non-hydrogen) atoms. The Bertz CT molecular complexity index is 703.